The SMILES string of the molecule is COC(=O)CSc1nc2ccc(NC(=O)c3sc(-c4cnccn4)nc3C)cc2s1. The predicted molar refractivity (Wildman–Crippen MR) is 118 cm³/mol. The minimum atomic E-state index is -0.298. The Morgan fingerprint density at radius 2 is 2.07 bits per heavy atom. The number of rotatable bonds is 6. The van der Waals surface area contributed by atoms with Gasteiger partial charge in [0, 0.05) is 18.1 Å². The minimum absolute atomic E-state index is 0.207. The quantitative estimate of drug-likeness (QED) is 0.342. The van der Waals surface area contributed by atoms with Crippen LogP contribution in [0.5, 0.6) is 0 Å². The summed E-state index contributed by atoms with van der Waals surface area (Å²) < 4.78 is 6.34. The number of aryl methyl sites for hydroxylation is 1. The number of fused-ring (bicyclic) bond motifs is 1. The summed E-state index contributed by atoms with van der Waals surface area (Å²) in [6.45, 7) is 1.79. The number of hydrogen-bond acceptors (Lipinski definition) is 10. The van der Waals surface area contributed by atoms with Crippen LogP contribution in [-0.2, 0) is 9.53 Å². The maximum Gasteiger partial charge on any atom is 0.316 e. The molecular weight excluding hydrogens is 442 g/mol. The van der Waals surface area contributed by atoms with Gasteiger partial charge in [-0.2, -0.15) is 0 Å². The van der Waals surface area contributed by atoms with Gasteiger partial charge in [0.25, 0.3) is 5.91 Å². The number of esters is 1. The highest BCUT2D eigenvalue weighted by Gasteiger charge is 2.17. The van der Waals surface area contributed by atoms with Crippen molar-refractivity contribution in [1.82, 2.24) is 19.9 Å². The number of aromatic nitrogens is 4. The zero-order chi connectivity index (χ0) is 21.1. The van der Waals surface area contributed by atoms with Crippen molar-refractivity contribution in [3.8, 4) is 10.7 Å². The molecule has 3 aromatic heterocycles. The van der Waals surface area contributed by atoms with Crippen LogP contribution in [0.15, 0.2) is 41.1 Å². The lowest BCUT2D eigenvalue weighted by molar-refractivity contribution is -0.137. The Hall–Kier alpha value is -2.89. The summed E-state index contributed by atoms with van der Waals surface area (Å²) in [7, 11) is 1.36. The molecule has 0 aliphatic rings. The number of ether oxygens (including phenoxy) is 1. The molecule has 0 aliphatic carbocycles. The number of thiazole rings is 2. The fraction of sp³-hybridized carbons (Fsp3) is 0.158. The maximum absolute atomic E-state index is 12.8. The first-order chi connectivity index (χ1) is 14.5. The lowest BCUT2D eigenvalue weighted by Crippen LogP contribution is -2.11. The summed E-state index contributed by atoms with van der Waals surface area (Å²) in [6.07, 6.45) is 4.80. The van der Waals surface area contributed by atoms with Crippen molar-refractivity contribution in [2.24, 2.45) is 0 Å². The Balaban J connectivity index is 1.50. The Kier molecular flexibility index (Phi) is 6.02. The average Bonchev–Trinajstić information content (AvgIpc) is 3.35. The Bertz CT molecular complexity index is 1220. The van der Waals surface area contributed by atoms with E-state index in [-0.39, 0.29) is 17.6 Å². The van der Waals surface area contributed by atoms with Crippen LogP contribution in [-0.4, -0.2) is 44.7 Å². The molecule has 4 aromatic rings. The van der Waals surface area contributed by atoms with Crippen molar-refractivity contribution < 1.29 is 14.3 Å². The van der Waals surface area contributed by atoms with Gasteiger partial charge in [-0.3, -0.25) is 19.6 Å². The smallest absolute Gasteiger partial charge is 0.316 e. The second-order valence-corrected chi connectivity index (χ2v) is 9.26. The van der Waals surface area contributed by atoms with Gasteiger partial charge in [-0.1, -0.05) is 11.8 Å². The number of anilines is 1. The highest BCUT2D eigenvalue weighted by molar-refractivity contribution is 8.01. The van der Waals surface area contributed by atoms with Crippen LogP contribution >= 0.6 is 34.4 Å². The number of carbonyl (C=O) groups excluding carboxylic acids is 2. The molecule has 8 nitrogen and oxygen atoms in total. The van der Waals surface area contributed by atoms with Gasteiger partial charge in [0.15, 0.2) is 4.34 Å². The van der Waals surface area contributed by atoms with E-state index in [2.05, 4.69) is 30.0 Å². The summed E-state index contributed by atoms with van der Waals surface area (Å²) in [6, 6.07) is 5.51. The van der Waals surface area contributed by atoms with Crippen LogP contribution in [0.25, 0.3) is 20.9 Å². The van der Waals surface area contributed by atoms with Crippen molar-refractivity contribution in [2.75, 3.05) is 18.2 Å². The summed E-state index contributed by atoms with van der Waals surface area (Å²) in [5.41, 5.74) is 2.74. The van der Waals surface area contributed by atoms with Crippen LogP contribution in [0.2, 0.25) is 0 Å². The molecule has 0 atom stereocenters. The molecule has 0 spiro atoms. The first-order valence-corrected chi connectivity index (χ1v) is 11.3. The molecule has 0 saturated carbocycles. The topological polar surface area (TPSA) is 107 Å². The average molecular weight is 458 g/mol. The fourth-order valence-electron chi connectivity index (χ4n) is 2.54. The molecule has 1 amide bonds. The summed E-state index contributed by atoms with van der Waals surface area (Å²) in [5.74, 6) is -0.323. The maximum atomic E-state index is 12.8. The molecule has 4 rings (SSSR count). The van der Waals surface area contributed by atoms with E-state index < -0.39 is 0 Å². The summed E-state index contributed by atoms with van der Waals surface area (Å²) >= 11 is 4.06. The van der Waals surface area contributed by atoms with Crippen molar-refractivity contribution in [3.63, 3.8) is 0 Å². The third-order valence-corrected chi connectivity index (χ3v) is 7.27. The first-order valence-electron chi connectivity index (χ1n) is 8.69. The normalized spacial score (nSPS) is 10.9. The van der Waals surface area contributed by atoms with Crippen LogP contribution in [0.1, 0.15) is 15.4 Å². The molecule has 3 heterocycles. The predicted octanol–water partition coefficient (Wildman–Crippen LogP) is 4.04. The highest BCUT2D eigenvalue weighted by atomic mass is 32.2. The third-order valence-electron chi connectivity index (χ3n) is 3.95. The number of hydrogen-bond donors (Lipinski definition) is 1. The van der Waals surface area contributed by atoms with Gasteiger partial charge in [-0.05, 0) is 25.1 Å². The number of amides is 1. The molecule has 0 saturated heterocycles. The van der Waals surface area contributed by atoms with Crippen LogP contribution in [0, 0.1) is 6.92 Å². The van der Waals surface area contributed by atoms with E-state index >= 15 is 0 Å². The Morgan fingerprint density at radius 1 is 1.20 bits per heavy atom. The third kappa shape index (κ3) is 4.48. The monoisotopic (exact) mass is 457 g/mol. The van der Waals surface area contributed by atoms with E-state index in [0.717, 1.165) is 14.6 Å². The van der Waals surface area contributed by atoms with E-state index in [9.17, 15) is 9.59 Å². The van der Waals surface area contributed by atoms with E-state index in [1.54, 1.807) is 31.6 Å². The van der Waals surface area contributed by atoms with Crippen molar-refractivity contribution >= 4 is 62.2 Å². The fourth-order valence-corrected chi connectivity index (χ4v) is 5.40. The lowest BCUT2D eigenvalue weighted by Gasteiger charge is -2.03. The van der Waals surface area contributed by atoms with Gasteiger partial charge in [-0.25, -0.2) is 9.97 Å². The number of methoxy groups -OCH3 is 1. The van der Waals surface area contributed by atoms with Crippen LogP contribution in [0.3, 0.4) is 0 Å². The van der Waals surface area contributed by atoms with Crippen molar-refractivity contribution in [3.05, 3.63) is 47.4 Å². The second-order valence-electron chi connectivity index (χ2n) is 6.01. The molecule has 0 aliphatic heterocycles. The summed E-state index contributed by atoms with van der Waals surface area (Å²) in [4.78, 5) is 41.8. The lowest BCUT2D eigenvalue weighted by atomic mass is 10.3. The van der Waals surface area contributed by atoms with Gasteiger partial charge >= 0.3 is 5.97 Å². The zero-order valence-electron chi connectivity index (χ0n) is 15.9. The van der Waals surface area contributed by atoms with Gasteiger partial charge in [0.2, 0.25) is 0 Å². The van der Waals surface area contributed by atoms with Gasteiger partial charge < -0.3 is 10.1 Å². The summed E-state index contributed by atoms with van der Waals surface area (Å²) in [5, 5.41) is 3.57. The number of thioether (sulfide) groups is 1. The number of nitrogens with one attached hydrogen (secondary N) is 1. The van der Waals surface area contributed by atoms with Crippen LogP contribution in [0.4, 0.5) is 5.69 Å². The molecule has 11 heteroatoms. The molecular formula is C19H15N5O3S3. The van der Waals surface area contributed by atoms with Crippen molar-refractivity contribution in [1.29, 1.82) is 0 Å². The number of carbonyl (C=O) groups is 2. The molecule has 30 heavy (non-hydrogen) atoms. The van der Waals surface area contributed by atoms with Gasteiger partial charge in [-0.15, -0.1) is 22.7 Å². The van der Waals surface area contributed by atoms with E-state index in [4.69, 9.17) is 0 Å². The molecule has 1 N–H and O–H groups in total. The van der Waals surface area contributed by atoms with Gasteiger partial charge in [0.05, 0.1) is 35.0 Å². The molecule has 152 valence electrons. The molecule has 0 bridgehead atoms. The molecule has 0 radical (unpaired) electrons. The molecule has 0 unspecified atom stereocenters. The molecule has 0 fully saturated rings. The minimum Gasteiger partial charge on any atom is -0.468 e. The largest absolute Gasteiger partial charge is 0.468 e. The van der Waals surface area contributed by atoms with E-state index in [1.165, 1.54) is 41.5 Å². The first kappa shape index (κ1) is 20.4. The highest BCUT2D eigenvalue weighted by Crippen LogP contribution is 2.32. The second kappa shape index (κ2) is 8.86. The van der Waals surface area contributed by atoms with Crippen LogP contribution < -0.4 is 5.32 Å². The zero-order valence-corrected chi connectivity index (χ0v) is 18.4. The van der Waals surface area contributed by atoms with E-state index in [0.29, 0.717) is 27.0 Å². The number of nitrogens with zero attached hydrogens (tertiary/aromatic N) is 4. The Morgan fingerprint density at radius 3 is 2.83 bits per heavy atom. The van der Waals surface area contributed by atoms with Gasteiger partial charge in [0.1, 0.15) is 15.6 Å². The van der Waals surface area contributed by atoms with E-state index in [1.807, 2.05) is 12.1 Å². The Labute approximate surface area is 183 Å². The van der Waals surface area contributed by atoms with Crippen molar-refractivity contribution in [2.45, 2.75) is 11.3 Å². The standard InChI is InChI=1S/C19H15N5O3S3/c1-10-16(30-18(22-10)13-8-20-5-6-21-13)17(26)23-11-3-4-12-14(7-11)29-19(24-12)28-9-15(25)27-2/h3-8H,9H2,1-2H3,(H,23,26). The molecule has 1 aromatic carbocycles. The number of benzene rings is 1.